The Kier molecular flexibility index (Phi) is 5.94. The molecule has 1 saturated heterocycles. The molecule has 4 rings (SSSR count). The lowest BCUT2D eigenvalue weighted by atomic mass is 9.98. The summed E-state index contributed by atoms with van der Waals surface area (Å²) in [6.45, 7) is 4.99. The molecule has 3 heterocycles. The number of hydrogen-bond donors (Lipinski definition) is 1. The van der Waals surface area contributed by atoms with Crippen molar-refractivity contribution in [3.05, 3.63) is 47.5 Å². The number of aromatic nitrogens is 2. The predicted molar refractivity (Wildman–Crippen MR) is 109 cm³/mol. The molecule has 0 bridgehead atoms. The topological polar surface area (TPSA) is 76.6 Å². The summed E-state index contributed by atoms with van der Waals surface area (Å²) in [5.74, 6) is 2.63. The summed E-state index contributed by atoms with van der Waals surface area (Å²) in [4.78, 5) is 24.2. The molecule has 29 heavy (non-hydrogen) atoms. The molecule has 1 aromatic carbocycles. The van der Waals surface area contributed by atoms with Crippen LogP contribution in [0.1, 0.15) is 42.8 Å². The van der Waals surface area contributed by atoms with Gasteiger partial charge in [-0.25, -0.2) is 9.97 Å². The smallest absolute Gasteiger partial charge is 0.263 e. The SMILES string of the molecule is COc1cccc(OC(C)C(=O)N2CCc3nc(C4CCCNC4)ncc3C2)c1. The van der Waals surface area contributed by atoms with E-state index in [1.54, 1.807) is 20.1 Å². The van der Waals surface area contributed by atoms with Gasteiger partial charge in [-0.15, -0.1) is 0 Å². The molecule has 2 aromatic rings. The van der Waals surface area contributed by atoms with Crippen LogP contribution in [0.15, 0.2) is 30.5 Å². The number of benzene rings is 1. The minimum absolute atomic E-state index is 0.0287. The van der Waals surface area contributed by atoms with Gasteiger partial charge in [-0.1, -0.05) is 6.07 Å². The van der Waals surface area contributed by atoms with Crippen molar-refractivity contribution >= 4 is 5.91 Å². The van der Waals surface area contributed by atoms with E-state index in [9.17, 15) is 4.79 Å². The van der Waals surface area contributed by atoms with Gasteiger partial charge in [0.1, 0.15) is 17.3 Å². The van der Waals surface area contributed by atoms with Gasteiger partial charge in [-0.05, 0) is 38.4 Å². The molecule has 1 fully saturated rings. The molecule has 2 atom stereocenters. The summed E-state index contributed by atoms with van der Waals surface area (Å²) in [5.41, 5.74) is 2.11. The van der Waals surface area contributed by atoms with Gasteiger partial charge in [0.2, 0.25) is 0 Å². The molecule has 1 amide bonds. The summed E-state index contributed by atoms with van der Waals surface area (Å²) in [6, 6.07) is 7.30. The number of nitrogens with one attached hydrogen (secondary N) is 1. The van der Waals surface area contributed by atoms with Crippen molar-refractivity contribution in [3.8, 4) is 11.5 Å². The Bertz CT molecular complexity index is 867. The maximum absolute atomic E-state index is 12.9. The Morgan fingerprint density at radius 3 is 3.00 bits per heavy atom. The van der Waals surface area contributed by atoms with E-state index in [4.69, 9.17) is 14.5 Å². The van der Waals surface area contributed by atoms with Gasteiger partial charge in [-0.3, -0.25) is 4.79 Å². The fourth-order valence-electron chi connectivity index (χ4n) is 3.97. The Morgan fingerprint density at radius 1 is 1.34 bits per heavy atom. The third-order valence-corrected chi connectivity index (χ3v) is 5.63. The second-order valence-corrected chi connectivity index (χ2v) is 7.69. The number of fused-ring (bicyclic) bond motifs is 1. The van der Waals surface area contributed by atoms with Crippen molar-refractivity contribution in [1.82, 2.24) is 20.2 Å². The number of rotatable bonds is 5. The lowest BCUT2D eigenvalue weighted by molar-refractivity contribution is -0.138. The minimum Gasteiger partial charge on any atom is -0.497 e. The normalized spacial score (nSPS) is 19.9. The number of carbonyl (C=O) groups is 1. The van der Waals surface area contributed by atoms with Crippen LogP contribution in [0.4, 0.5) is 0 Å². The van der Waals surface area contributed by atoms with Crippen molar-refractivity contribution < 1.29 is 14.3 Å². The molecule has 0 aliphatic carbocycles. The summed E-state index contributed by atoms with van der Waals surface area (Å²) in [7, 11) is 1.61. The van der Waals surface area contributed by atoms with Crippen LogP contribution in [0.3, 0.4) is 0 Å². The number of methoxy groups -OCH3 is 1. The molecule has 1 N–H and O–H groups in total. The van der Waals surface area contributed by atoms with Crippen LogP contribution in [-0.2, 0) is 17.8 Å². The average molecular weight is 396 g/mol. The van der Waals surface area contributed by atoms with E-state index < -0.39 is 6.10 Å². The quantitative estimate of drug-likeness (QED) is 0.836. The summed E-state index contributed by atoms with van der Waals surface area (Å²) in [5, 5.41) is 3.42. The average Bonchev–Trinajstić information content (AvgIpc) is 2.78. The van der Waals surface area contributed by atoms with E-state index in [2.05, 4.69) is 10.3 Å². The number of nitrogens with zero attached hydrogens (tertiary/aromatic N) is 3. The Morgan fingerprint density at radius 2 is 2.21 bits per heavy atom. The lowest BCUT2D eigenvalue weighted by Crippen LogP contribution is -2.43. The molecule has 0 saturated carbocycles. The third kappa shape index (κ3) is 4.50. The summed E-state index contributed by atoms with van der Waals surface area (Å²) >= 11 is 0. The van der Waals surface area contributed by atoms with Crippen LogP contribution < -0.4 is 14.8 Å². The standard InChI is InChI=1S/C22H28N4O3/c1-15(29-19-7-3-6-18(11-19)28-2)22(27)26-10-8-20-17(14-26)13-24-21(25-20)16-5-4-9-23-12-16/h3,6-7,11,13,15-16,23H,4-5,8-10,12,14H2,1-2H3. The first-order valence-electron chi connectivity index (χ1n) is 10.3. The van der Waals surface area contributed by atoms with Crippen molar-refractivity contribution in [2.75, 3.05) is 26.7 Å². The van der Waals surface area contributed by atoms with Crippen LogP contribution in [0.2, 0.25) is 0 Å². The van der Waals surface area contributed by atoms with E-state index >= 15 is 0 Å². The van der Waals surface area contributed by atoms with Gasteiger partial charge >= 0.3 is 0 Å². The van der Waals surface area contributed by atoms with Gasteiger partial charge in [-0.2, -0.15) is 0 Å². The zero-order valence-corrected chi connectivity index (χ0v) is 17.1. The largest absolute Gasteiger partial charge is 0.497 e. The van der Waals surface area contributed by atoms with Gasteiger partial charge in [0.05, 0.1) is 12.8 Å². The maximum atomic E-state index is 12.9. The molecule has 0 radical (unpaired) electrons. The second kappa shape index (κ2) is 8.78. The first kappa shape index (κ1) is 19.6. The first-order chi connectivity index (χ1) is 14.1. The van der Waals surface area contributed by atoms with Gasteiger partial charge in [0.25, 0.3) is 5.91 Å². The minimum atomic E-state index is -0.572. The van der Waals surface area contributed by atoms with Crippen molar-refractivity contribution in [2.24, 2.45) is 0 Å². The maximum Gasteiger partial charge on any atom is 0.263 e. The Balaban J connectivity index is 1.40. The molecule has 2 aliphatic heterocycles. The highest BCUT2D eigenvalue weighted by Gasteiger charge is 2.28. The van der Waals surface area contributed by atoms with E-state index in [-0.39, 0.29) is 5.91 Å². The zero-order chi connectivity index (χ0) is 20.2. The molecule has 1 aromatic heterocycles. The zero-order valence-electron chi connectivity index (χ0n) is 17.1. The Hall–Kier alpha value is -2.67. The van der Waals surface area contributed by atoms with Crippen LogP contribution >= 0.6 is 0 Å². The number of ether oxygens (including phenoxy) is 2. The van der Waals surface area contributed by atoms with Crippen LogP contribution in [0.5, 0.6) is 11.5 Å². The van der Waals surface area contributed by atoms with Crippen molar-refractivity contribution in [3.63, 3.8) is 0 Å². The molecule has 7 heteroatoms. The Labute approximate surface area is 171 Å². The van der Waals surface area contributed by atoms with Crippen LogP contribution in [-0.4, -0.2) is 53.6 Å². The number of hydrogen-bond acceptors (Lipinski definition) is 6. The predicted octanol–water partition coefficient (Wildman–Crippen LogP) is 2.30. The summed E-state index contributed by atoms with van der Waals surface area (Å²) < 4.78 is 11.1. The monoisotopic (exact) mass is 396 g/mol. The van der Waals surface area contributed by atoms with Crippen molar-refractivity contribution in [2.45, 2.75) is 44.8 Å². The van der Waals surface area contributed by atoms with Gasteiger partial charge < -0.3 is 19.7 Å². The number of amides is 1. The highest BCUT2D eigenvalue weighted by atomic mass is 16.5. The van der Waals surface area contributed by atoms with Gasteiger partial charge in [0.15, 0.2) is 6.10 Å². The number of piperidine rings is 1. The lowest BCUT2D eigenvalue weighted by Gasteiger charge is -2.31. The molecule has 154 valence electrons. The second-order valence-electron chi connectivity index (χ2n) is 7.69. The first-order valence-corrected chi connectivity index (χ1v) is 10.3. The number of carbonyl (C=O) groups excluding carboxylic acids is 1. The third-order valence-electron chi connectivity index (χ3n) is 5.63. The van der Waals surface area contributed by atoms with Crippen molar-refractivity contribution in [1.29, 1.82) is 0 Å². The molecular weight excluding hydrogens is 368 g/mol. The van der Waals surface area contributed by atoms with Crippen LogP contribution in [0, 0.1) is 0 Å². The fourth-order valence-corrected chi connectivity index (χ4v) is 3.97. The van der Waals surface area contributed by atoms with E-state index in [0.29, 0.717) is 30.5 Å². The molecular formula is C22H28N4O3. The summed E-state index contributed by atoms with van der Waals surface area (Å²) in [6.07, 6.45) is 4.38. The van der Waals surface area contributed by atoms with E-state index in [0.717, 1.165) is 43.0 Å². The molecule has 0 spiro atoms. The van der Waals surface area contributed by atoms with E-state index in [1.807, 2.05) is 29.3 Å². The fraction of sp³-hybridized carbons (Fsp3) is 0.500. The molecule has 2 unspecified atom stereocenters. The highest BCUT2D eigenvalue weighted by Crippen LogP contribution is 2.24. The molecule has 7 nitrogen and oxygen atoms in total. The molecule has 2 aliphatic rings. The highest BCUT2D eigenvalue weighted by molar-refractivity contribution is 5.81. The van der Waals surface area contributed by atoms with Gasteiger partial charge in [0, 0.05) is 49.8 Å². The van der Waals surface area contributed by atoms with Crippen LogP contribution in [0.25, 0.3) is 0 Å². The van der Waals surface area contributed by atoms with E-state index in [1.165, 1.54) is 6.42 Å².